The van der Waals surface area contributed by atoms with Gasteiger partial charge in [0.15, 0.2) is 0 Å². The highest BCUT2D eigenvalue weighted by atomic mass is 16.7. The van der Waals surface area contributed by atoms with Crippen molar-refractivity contribution in [2.24, 2.45) is 0 Å². The van der Waals surface area contributed by atoms with Crippen LogP contribution in [0.15, 0.2) is 97.2 Å². The van der Waals surface area contributed by atoms with E-state index in [1.165, 1.54) is 32.3 Å². The molecule has 6 aromatic rings. The lowest BCUT2D eigenvalue weighted by molar-refractivity contribution is 0.00578. The van der Waals surface area contributed by atoms with Crippen molar-refractivity contribution in [1.29, 1.82) is 0 Å². The smallest absolute Gasteiger partial charge is 0.399 e. The van der Waals surface area contributed by atoms with Gasteiger partial charge in [0.2, 0.25) is 0 Å². The van der Waals surface area contributed by atoms with Crippen molar-refractivity contribution >= 4 is 55.8 Å². The van der Waals surface area contributed by atoms with Crippen molar-refractivity contribution in [3.05, 3.63) is 97.2 Å². The Bertz CT molecular complexity index is 1810. The van der Waals surface area contributed by atoms with Crippen LogP contribution in [-0.4, -0.2) is 23.3 Å². The Hall–Kier alpha value is -3.73. The van der Waals surface area contributed by atoms with E-state index < -0.39 is 18.3 Å². The maximum atomic E-state index is 6.40. The zero-order valence-electron chi connectivity index (χ0n) is 21.6. The molecule has 37 heavy (non-hydrogen) atoms. The SMILES string of the molecule is CC1(C)OB(c2cccc3ncc(-c4ccc5c6ccccc6c6ccccc6c5c4)cc23)OC1(C)C. The summed E-state index contributed by atoms with van der Waals surface area (Å²) in [6.07, 6.45) is 1.97. The van der Waals surface area contributed by atoms with Crippen molar-refractivity contribution in [3.8, 4) is 11.1 Å². The molecule has 2 heterocycles. The molecule has 4 heteroatoms. The minimum atomic E-state index is -0.433. The quantitative estimate of drug-likeness (QED) is 0.188. The summed E-state index contributed by atoms with van der Waals surface area (Å²) in [6, 6.07) is 32.5. The van der Waals surface area contributed by atoms with Gasteiger partial charge < -0.3 is 9.31 Å². The summed E-state index contributed by atoms with van der Waals surface area (Å²) in [7, 11) is -0.433. The summed E-state index contributed by atoms with van der Waals surface area (Å²) in [4.78, 5) is 4.84. The molecule has 0 spiro atoms. The van der Waals surface area contributed by atoms with E-state index in [0.717, 1.165) is 27.5 Å². The standard InChI is InChI=1S/C33H28BNO2/c1-32(2)33(3,4)37-34(36-32)30-14-9-15-31-29(30)19-22(20-35-31)21-16-17-27-25-12-6-5-10-23(25)24-11-7-8-13-26(24)28(27)18-21/h5-20H,1-4H3. The highest BCUT2D eigenvalue weighted by molar-refractivity contribution is 6.65. The molecule has 1 fully saturated rings. The predicted molar refractivity (Wildman–Crippen MR) is 155 cm³/mol. The van der Waals surface area contributed by atoms with E-state index in [1.807, 2.05) is 18.3 Å². The van der Waals surface area contributed by atoms with E-state index in [9.17, 15) is 0 Å². The van der Waals surface area contributed by atoms with Gasteiger partial charge in [-0.3, -0.25) is 4.98 Å². The molecule has 7 rings (SSSR count). The second-order valence-corrected chi connectivity index (χ2v) is 11.1. The Morgan fingerprint density at radius 1 is 0.541 bits per heavy atom. The molecule has 0 unspecified atom stereocenters. The normalized spacial score (nSPS) is 16.8. The van der Waals surface area contributed by atoms with Crippen LogP contribution in [0.1, 0.15) is 27.7 Å². The summed E-state index contributed by atoms with van der Waals surface area (Å²) < 4.78 is 12.8. The van der Waals surface area contributed by atoms with E-state index in [0.29, 0.717) is 0 Å². The fraction of sp³-hybridized carbons (Fsp3) is 0.182. The highest BCUT2D eigenvalue weighted by Crippen LogP contribution is 2.39. The van der Waals surface area contributed by atoms with Crippen LogP contribution >= 0.6 is 0 Å². The lowest BCUT2D eigenvalue weighted by atomic mass is 9.76. The average Bonchev–Trinajstić information content (AvgIpc) is 3.14. The number of nitrogens with zero attached hydrogens (tertiary/aromatic N) is 1. The van der Waals surface area contributed by atoms with Crippen LogP contribution in [0.5, 0.6) is 0 Å². The van der Waals surface area contributed by atoms with Crippen LogP contribution in [0.3, 0.4) is 0 Å². The molecule has 0 aliphatic carbocycles. The van der Waals surface area contributed by atoms with Crippen molar-refractivity contribution in [1.82, 2.24) is 4.98 Å². The van der Waals surface area contributed by atoms with Crippen LogP contribution in [0.2, 0.25) is 0 Å². The van der Waals surface area contributed by atoms with Gasteiger partial charge in [0.25, 0.3) is 0 Å². The maximum Gasteiger partial charge on any atom is 0.495 e. The third-order valence-electron chi connectivity index (χ3n) is 8.34. The number of hydrogen-bond acceptors (Lipinski definition) is 3. The Kier molecular flexibility index (Phi) is 4.79. The molecule has 1 aliphatic rings. The van der Waals surface area contributed by atoms with Gasteiger partial charge in [-0.15, -0.1) is 0 Å². The minimum Gasteiger partial charge on any atom is -0.399 e. The molecule has 0 atom stereocenters. The topological polar surface area (TPSA) is 31.4 Å². The molecule has 1 aliphatic heterocycles. The molecule has 0 radical (unpaired) electrons. The molecule has 1 aromatic heterocycles. The largest absolute Gasteiger partial charge is 0.495 e. The molecule has 0 N–H and O–H groups in total. The summed E-state index contributed by atoms with van der Waals surface area (Å²) in [6.45, 7) is 8.35. The van der Waals surface area contributed by atoms with E-state index in [1.54, 1.807) is 0 Å². The predicted octanol–water partition coefficient (Wildman–Crippen LogP) is 7.66. The molecule has 5 aromatic carbocycles. The third kappa shape index (κ3) is 3.40. The molecule has 3 nitrogen and oxygen atoms in total. The van der Waals surface area contributed by atoms with Gasteiger partial charge >= 0.3 is 7.12 Å². The lowest BCUT2D eigenvalue weighted by Gasteiger charge is -2.32. The first-order valence-electron chi connectivity index (χ1n) is 12.9. The zero-order valence-corrected chi connectivity index (χ0v) is 21.6. The number of fused-ring (bicyclic) bond motifs is 7. The molecular weight excluding hydrogens is 453 g/mol. The Balaban J connectivity index is 1.42. The zero-order chi connectivity index (χ0) is 25.4. The summed E-state index contributed by atoms with van der Waals surface area (Å²) in [5.41, 5.74) is 3.39. The summed E-state index contributed by atoms with van der Waals surface area (Å²) >= 11 is 0. The fourth-order valence-electron chi connectivity index (χ4n) is 5.59. The molecule has 1 saturated heterocycles. The van der Waals surface area contributed by atoms with Crippen LogP contribution in [0, 0.1) is 0 Å². The van der Waals surface area contributed by atoms with Gasteiger partial charge in [-0.25, -0.2) is 0 Å². The first-order chi connectivity index (χ1) is 17.8. The van der Waals surface area contributed by atoms with Gasteiger partial charge in [0.1, 0.15) is 0 Å². The maximum absolute atomic E-state index is 6.40. The van der Waals surface area contributed by atoms with Gasteiger partial charge in [-0.1, -0.05) is 72.8 Å². The van der Waals surface area contributed by atoms with Gasteiger partial charge in [0.05, 0.1) is 16.7 Å². The minimum absolute atomic E-state index is 0.396. The first kappa shape index (κ1) is 22.5. The van der Waals surface area contributed by atoms with Crippen molar-refractivity contribution < 1.29 is 9.31 Å². The summed E-state index contributed by atoms with van der Waals surface area (Å²) in [5, 5.41) is 8.70. The number of pyridine rings is 1. The second kappa shape index (κ2) is 7.88. The van der Waals surface area contributed by atoms with Crippen molar-refractivity contribution in [2.45, 2.75) is 38.9 Å². The Morgan fingerprint density at radius 3 is 1.70 bits per heavy atom. The molecule has 180 valence electrons. The van der Waals surface area contributed by atoms with Crippen molar-refractivity contribution in [3.63, 3.8) is 0 Å². The van der Waals surface area contributed by atoms with Gasteiger partial charge in [0, 0.05) is 17.1 Å². The number of benzene rings is 5. The Morgan fingerprint density at radius 2 is 1.08 bits per heavy atom. The van der Waals surface area contributed by atoms with Crippen molar-refractivity contribution in [2.75, 3.05) is 0 Å². The summed E-state index contributed by atoms with van der Waals surface area (Å²) in [5.74, 6) is 0. The van der Waals surface area contributed by atoms with Gasteiger partial charge in [-0.05, 0) is 89.2 Å². The van der Waals surface area contributed by atoms with E-state index in [2.05, 4.69) is 107 Å². The van der Waals surface area contributed by atoms with E-state index in [-0.39, 0.29) is 0 Å². The monoisotopic (exact) mass is 481 g/mol. The van der Waals surface area contributed by atoms with E-state index >= 15 is 0 Å². The Labute approximate surface area is 217 Å². The van der Waals surface area contributed by atoms with Crippen LogP contribution in [-0.2, 0) is 9.31 Å². The lowest BCUT2D eigenvalue weighted by Crippen LogP contribution is -2.41. The first-order valence-corrected chi connectivity index (χ1v) is 12.9. The second-order valence-electron chi connectivity index (χ2n) is 11.1. The number of rotatable bonds is 2. The molecule has 0 amide bonds. The molecular formula is C33H28BNO2. The fourth-order valence-corrected chi connectivity index (χ4v) is 5.59. The van der Waals surface area contributed by atoms with Gasteiger partial charge in [-0.2, -0.15) is 0 Å². The van der Waals surface area contributed by atoms with Crippen LogP contribution in [0.4, 0.5) is 0 Å². The van der Waals surface area contributed by atoms with Crippen LogP contribution < -0.4 is 5.46 Å². The third-order valence-corrected chi connectivity index (χ3v) is 8.34. The van der Waals surface area contributed by atoms with E-state index in [4.69, 9.17) is 14.3 Å². The highest BCUT2D eigenvalue weighted by Gasteiger charge is 2.52. The number of hydrogen-bond donors (Lipinski definition) is 0. The number of aromatic nitrogens is 1. The van der Waals surface area contributed by atoms with Crippen LogP contribution in [0.25, 0.3) is 54.3 Å². The molecule has 0 saturated carbocycles. The average molecular weight is 481 g/mol. The molecule has 0 bridgehead atoms.